The first-order valence-corrected chi connectivity index (χ1v) is 10.5. The second kappa shape index (κ2) is 9.33. The van der Waals surface area contributed by atoms with Gasteiger partial charge in [-0.25, -0.2) is 4.98 Å². The summed E-state index contributed by atoms with van der Waals surface area (Å²) in [6.07, 6.45) is 6.24. The van der Waals surface area contributed by atoms with Gasteiger partial charge in [0.25, 0.3) is 0 Å². The van der Waals surface area contributed by atoms with Crippen LogP contribution in [0.3, 0.4) is 0 Å². The van der Waals surface area contributed by atoms with Crippen molar-refractivity contribution in [1.82, 2.24) is 14.9 Å². The largest absolute Gasteiger partial charge is 0.379 e. The Balaban J connectivity index is 1.44. The van der Waals surface area contributed by atoms with Crippen LogP contribution in [0.1, 0.15) is 32.1 Å². The molecule has 0 aliphatic carbocycles. The summed E-state index contributed by atoms with van der Waals surface area (Å²) in [7, 11) is 0. The molecule has 4 rings (SSSR count). The number of anilines is 2. The van der Waals surface area contributed by atoms with Crippen LogP contribution in [0, 0.1) is 0 Å². The molecule has 1 aromatic heterocycles. The highest BCUT2D eigenvalue weighted by Crippen LogP contribution is 2.27. The lowest BCUT2D eigenvalue weighted by Gasteiger charge is -2.26. The second-order valence-electron chi connectivity index (χ2n) is 7.52. The summed E-state index contributed by atoms with van der Waals surface area (Å²) < 4.78 is 5.41. The van der Waals surface area contributed by atoms with Gasteiger partial charge in [0.1, 0.15) is 5.82 Å². The molecule has 6 heteroatoms. The molecular weight excluding hydrogens is 338 g/mol. The number of benzene rings is 1. The highest BCUT2D eigenvalue weighted by Gasteiger charge is 2.16. The Morgan fingerprint density at radius 1 is 0.926 bits per heavy atom. The number of nitrogens with zero attached hydrogens (tertiary/aromatic N) is 4. The van der Waals surface area contributed by atoms with Crippen LogP contribution in [0.2, 0.25) is 0 Å². The van der Waals surface area contributed by atoms with Crippen molar-refractivity contribution in [3.8, 4) is 0 Å². The molecule has 2 fully saturated rings. The molecule has 27 heavy (non-hydrogen) atoms. The van der Waals surface area contributed by atoms with E-state index in [1.807, 2.05) is 0 Å². The average molecular weight is 370 g/mol. The summed E-state index contributed by atoms with van der Waals surface area (Å²) in [5.74, 6) is 1.85. The number of morpholine rings is 1. The molecule has 1 N–H and O–H groups in total. The van der Waals surface area contributed by atoms with E-state index in [4.69, 9.17) is 14.7 Å². The van der Waals surface area contributed by atoms with Crippen LogP contribution in [0.4, 0.5) is 11.8 Å². The zero-order valence-corrected chi connectivity index (χ0v) is 16.2. The van der Waals surface area contributed by atoms with E-state index >= 15 is 0 Å². The summed E-state index contributed by atoms with van der Waals surface area (Å²) in [6, 6.07) is 8.39. The standard InChI is InChI=1S/C21H31N5O/c1-2-6-13-26(12-5-1)20-18-8-3-4-9-19(18)23-21(24-20)22-10-7-11-25-14-16-27-17-15-25/h3-4,8-9H,1-2,5-7,10-17H2,(H,22,23,24). The highest BCUT2D eigenvalue weighted by molar-refractivity contribution is 5.90. The van der Waals surface area contributed by atoms with Gasteiger partial charge in [-0.2, -0.15) is 4.98 Å². The first kappa shape index (κ1) is 18.4. The van der Waals surface area contributed by atoms with E-state index in [1.165, 1.54) is 31.1 Å². The number of fused-ring (bicyclic) bond motifs is 1. The molecule has 2 saturated heterocycles. The number of ether oxygens (including phenoxy) is 1. The van der Waals surface area contributed by atoms with Crippen LogP contribution < -0.4 is 10.2 Å². The Labute approximate surface area is 161 Å². The van der Waals surface area contributed by atoms with E-state index in [0.29, 0.717) is 0 Å². The molecule has 0 spiro atoms. The fourth-order valence-corrected chi connectivity index (χ4v) is 3.99. The van der Waals surface area contributed by atoms with Gasteiger partial charge in [-0.3, -0.25) is 4.90 Å². The van der Waals surface area contributed by atoms with Crippen molar-refractivity contribution >= 4 is 22.7 Å². The van der Waals surface area contributed by atoms with E-state index in [-0.39, 0.29) is 0 Å². The molecule has 2 aliphatic heterocycles. The van der Waals surface area contributed by atoms with Gasteiger partial charge in [0, 0.05) is 38.1 Å². The number of hydrogen-bond acceptors (Lipinski definition) is 6. The summed E-state index contributed by atoms with van der Waals surface area (Å²) in [4.78, 5) is 14.6. The maximum atomic E-state index is 5.41. The van der Waals surface area contributed by atoms with E-state index in [0.717, 1.165) is 76.2 Å². The Kier molecular flexibility index (Phi) is 6.37. The molecule has 6 nitrogen and oxygen atoms in total. The van der Waals surface area contributed by atoms with Crippen molar-refractivity contribution < 1.29 is 4.74 Å². The van der Waals surface area contributed by atoms with Crippen molar-refractivity contribution in [2.75, 3.05) is 62.7 Å². The number of para-hydroxylation sites is 1. The van der Waals surface area contributed by atoms with E-state index in [1.54, 1.807) is 0 Å². The molecule has 0 atom stereocenters. The van der Waals surface area contributed by atoms with Gasteiger partial charge in [-0.15, -0.1) is 0 Å². The minimum absolute atomic E-state index is 0.759. The number of nitrogens with one attached hydrogen (secondary N) is 1. The first-order valence-electron chi connectivity index (χ1n) is 10.5. The molecule has 0 bridgehead atoms. The maximum absolute atomic E-state index is 5.41. The molecule has 0 radical (unpaired) electrons. The van der Waals surface area contributed by atoms with Gasteiger partial charge in [0.15, 0.2) is 0 Å². The third-order valence-corrected chi connectivity index (χ3v) is 5.53. The second-order valence-corrected chi connectivity index (χ2v) is 7.52. The van der Waals surface area contributed by atoms with Gasteiger partial charge in [-0.1, -0.05) is 25.0 Å². The summed E-state index contributed by atoms with van der Waals surface area (Å²) in [5, 5.41) is 4.63. The molecular formula is C21H31N5O. The SMILES string of the molecule is c1ccc2c(N3CCCCCC3)nc(NCCCN3CCOCC3)nc2c1. The van der Waals surface area contributed by atoms with Crippen molar-refractivity contribution in [2.45, 2.75) is 32.1 Å². The minimum atomic E-state index is 0.759. The van der Waals surface area contributed by atoms with Crippen LogP contribution >= 0.6 is 0 Å². The van der Waals surface area contributed by atoms with Crippen molar-refractivity contribution in [2.24, 2.45) is 0 Å². The van der Waals surface area contributed by atoms with Crippen LogP contribution in [-0.4, -0.2) is 67.4 Å². The Morgan fingerprint density at radius 3 is 2.52 bits per heavy atom. The summed E-state index contributed by atoms with van der Waals surface area (Å²) in [5.41, 5.74) is 1.03. The Bertz CT molecular complexity index is 724. The summed E-state index contributed by atoms with van der Waals surface area (Å²) >= 11 is 0. The van der Waals surface area contributed by atoms with Gasteiger partial charge in [0.05, 0.1) is 18.7 Å². The Hall–Kier alpha value is -1.92. The van der Waals surface area contributed by atoms with Crippen molar-refractivity contribution in [1.29, 1.82) is 0 Å². The number of rotatable bonds is 6. The molecule has 2 aliphatic rings. The highest BCUT2D eigenvalue weighted by atomic mass is 16.5. The lowest BCUT2D eigenvalue weighted by molar-refractivity contribution is 0.0378. The lowest BCUT2D eigenvalue weighted by Crippen LogP contribution is -2.37. The molecule has 2 aromatic rings. The monoisotopic (exact) mass is 369 g/mol. The van der Waals surface area contributed by atoms with Crippen LogP contribution in [0.25, 0.3) is 10.9 Å². The normalized spacial score (nSPS) is 19.2. The van der Waals surface area contributed by atoms with E-state index in [9.17, 15) is 0 Å². The first-order chi connectivity index (χ1) is 13.4. The van der Waals surface area contributed by atoms with Crippen molar-refractivity contribution in [3.05, 3.63) is 24.3 Å². The molecule has 0 unspecified atom stereocenters. The summed E-state index contributed by atoms with van der Waals surface area (Å²) in [6.45, 7) is 8.00. The molecule has 0 amide bonds. The third-order valence-electron chi connectivity index (χ3n) is 5.53. The molecule has 146 valence electrons. The smallest absolute Gasteiger partial charge is 0.225 e. The van der Waals surface area contributed by atoms with Crippen LogP contribution in [0.5, 0.6) is 0 Å². The Morgan fingerprint density at radius 2 is 1.70 bits per heavy atom. The van der Waals surface area contributed by atoms with E-state index < -0.39 is 0 Å². The van der Waals surface area contributed by atoms with Gasteiger partial charge >= 0.3 is 0 Å². The zero-order valence-electron chi connectivity index (χ0n) is 16.2. The fourth-order valence-electron chi connectivity index (χ4n) is 3.99. The van der Waals surface area contributed by atoms with Crippen LogP contribution in [0.15, 0.2) is 24.3 Å². The van der Waals surface area contributed by atoms with Crippen molar-refractivity contribution in [3.63, 3.8) is 0 Å². The number of aromatic nitrogens is 2. The van der Waals surface area contributed by atoms with Crippen LogP contribution in [-0.2, 0) is 4.74 Å². The fraction of sp³-hybridized carbons (Fsp3) is 0.619. The topological polar surface area (TPSA) is 53.5 Å². The van der Waals surface area contributed by atoms with Gasteiger partial charge in [-0.05, 0) is 37.9 Å². The average Bonchev–Trinajstić information content (AvgIpc) is 3.01. The minimum Gasteiger partial charge on any atom is -0.379 e. The molecule has 3 heterocycles. The predicted octanol–water partition coefficient (Wildman–Crippen LogP) is 3.14. The van der Waals surface area contributed by atoms with E-state index in [2.05, 4.69) is 39.4 Å². The lowest BCUT2D eigenvalue weighted by atomic mass is 10.2. The predicted molar refractivity (Wildman–Crippen MR) is 111 cm³/mol. The molecule has 1 aromatic carbocycles. The zero-order chi connectivity index (χ0) is 18.3. The third kappa shape index (κ3) is 4.87. The number of hydrogen-bond donors (Lipinski definition) is 1. The molecule has 0 saturated carbocycles. The maximum Gasteiger partial charge on any atom is 0.225 e. The van der Waals surface area contributed by atoms with Gasteiger partial charge in [0.2, 0.25) is 5.95 Å². The quantitative estimate of drug-likeness (QED) is 0.790. The van der Waals surface area contributed by atoms with Gasteiger partial charge < -0.3 is 15.0 Å².